The van der Waals surface area contributed by atoms with E-state index in [4.69, 9.17) is 18.9 Å². The average molecular weight is 406 g/mol. The zero-order valence-electron chi connectivity index (χ0n) is 16.4. The topological polar surface area (TPSA) is 95.1 Å². The van der Waals surface area contributed by atoms with E-state index in [1.807, 2.05) is 0 Å². The first-order valence-electron chi connectivity index (χ1n) is 8.71. The molecule has 2 aromatic carbocycles. The molecule has 0 spiro atoms. The number of hydrogen-bond donors (Lipinski definition) is 2. The SMILES string of the molecule is COc1cc(C(=O)NCC(=O)NCCOc2ccc(F)cc2)cc(OC)c1OC. The Hall–Kier alpha value is -3.49. The smallest absolute Gasteiger partial charge is 0.251 e. The van der Waals surface area contributed by atoms with E-state index >= 15 is 0 Å². The van der Waals surface area contributed by atoms with E-state index in [1.165, 1.54) is 57.7 Å². The zero-order valence-corrected chi connectivity index (χ0v) is 16.4. The predicted molar refractivity (Wildman–Crippen MR) is 103 cm³/mol. The average Bonchev–Trinajstić information content (AvgIpc) is 2.75. The van der Waals surface area contributed by atoms with Crippen LogP contribution in [0, 0.1) is 5.82 Å². The quantitative estimate of drug-likeness (QED) is 0.584. The highest BCUT2D eigenvalue weighted by Crippen LogP contribution is 2.38. The first-order chi connectivity index (χ1) is 14.0. The van der Waals surface area contributed by atoms with Gasteiger partial charge in [0.25, 0.3) is 5.91 Å². The molecule has 0 heterocycles. The van der Waals surface area contributed by atoms with Crippen molar-refractivity contribution in [2.75, 3.05) is 41.0 Å². The molecule has 2 rings (SSSR count). The normalized spacial score (nSPS) is 10.1. The lowest BCUT2D eigenvalue weighted by molar-refractivity contribution is -0.120. The summed E-state index contributed by atoms with van der Waals surface area (Å²) in [5.41, 5.74) is 0.256. The summed E-state index contributed by atoms with van der Waals surface area (Å²) in [5, 5.41) is 5.13. The molecule has 9 heteroatoms. The lowest BCUT2D eigenvalue weighted by Crippen LogP contribution is -2.38. The Bertz CT molecular complexity index is 816. The highest BCUT2D eigenvalue weighted by atomic mass is 19.1. The summed E-state index contributed by atoms with van der Waals surface area (Å²) in [6, 6.07) is 8.54. The Morgan fingerprint density at radius 3 is 2.10 bits per heavy atom. The molecular weight excluding hydrogens is 383 g/mol. The molecule has 0 aliphatic rings. The third kappa shape index (κ3) is 6.27. The highest BCUT2D eigenvalue weighted by Gasteiger charge is 2.17. The summed E-state index contributed by atoms with van der Waals surface area (Å²) in [5.74, 6) is 0.324. The molecule has 0 atom stereocenters. The van der Waals surface area contributed by atoms with Crippen LogP contribution in [-0.2, 0) is 4.79 Å². The minimum absolute atomic E-state index is 0.207. The summed E-state index contributed by atoms with van der Waals surface area (Å²) in [7, 11) is 4.35. The summed E-state index contributed by atoms with van der Waals surface area (Å²) in [4.78, 5) is 24.2. The highest BCUT2D eigenvalue weighted by molar-refractivity contribution is 5.97. The Labute approximate surface area is 167 Å². The monoisotopic (exact) mass is 406 g/mol. The first-order valence-corrected chi connectivity index (χ1v) is 8.71. The standard InChI is InChI=1S/C20H23FN2O6/c1-26-16-10-13(11-17(27-2)19(16)28-3)20(25)23-12-18(24)22-8-9-29-15-6-4-14(21)5-7-15/h4-7,10-11H,8-9,12H2,1-3H3,(H,22,24)(H,23,25). The van der Waals surface area contributed by atoms with Crippen molar-refractivity contribution in [1.29, 1.82) is 0 Å². The molecule has 0 radical (unpaired) electrons. The van der Waals surface area contributed by atoms with E-state index in [9.17, 15) is 14.0 Å². The number of methoxy groups -OCH3 is 3. The lowest BCUT2D eigenvalue weighted by Gasteiger charge is -2.14. The van der Waals surface area contributed by atoms with E-state index in [0.717, 1.165) is 0 Å². The van der Waals surface area contributed by atoms with Gasteiger partial charge in [0.2, 0.25) is 11.7 Å². The van der Waals surface area contributed by atoms with Crippen LogP contribution in [0.15, 0.2) is 36.4 Å². The van der Waals surface area contributed by atoms with Crippen LogP contribution in [0.1, 0.15) is 10.4 Å². The van der Waals surface area contributed by atoms with Crippen molar-refractivity contribution in [2.24, 2.45) is 0 Å². The molecule has 2 amide bonds. The second-order valence-corrected chi connectivity index (χ2v) is 5.75. The number of carbonyl (C=O) groups is 2. The Morgan fingerprint density at radius 1 is 0.931 bits per heavy atom. The fourth-order valence-corrected chi connectivity index (χ4v) is 2.43. The summed E-state index contributed by atoms with van der Waals surface area (Å²) in [6.07, 6.45) is 0. The molecule has 0 saturated heterocycles. The number of amides is 2. The second kappa shape index (κ2) is 10.7. The van der Waals surface area contributed by atoms with E-state index in [0.29, 0.717) is 23.0 Å². The van der Waals surface area contributed by atoms with Gasteiger partial charge in [0, 0.05) is 5.56 Å². The van der Waals surface area contributed by atoms with Gasteiger partial charge in [-0.3, -0.25) is 9.59 Å². The number of nitrogens with one attached hydrogen (secondary N) is 2. The van der Waals surface area contributed by atoms with Gasteiger partial charge in [-0.15, -0.1) is 0 Å². The Morgan fingerprint density at radius 2 is 1.55 bits per heavy atom. The van der Waals surface area contributed by atoms with Crippen LogP contribution in [0.3, 0.4) is 0 Å². The number of benzene rings is 2. The van der Waals surface area contributed by atoms with E-state index in [2.05, 4.69) is 10.6 Å². The van der Waals surface area contributed by atoms with Crippen molar-refractivity contribution >= 4 is 11.8 Å². The largest absolute Gasteiger partial charge is 0.493 e. The van der Waals surface area contributed by atoms with Gasteiger partial charge in [0.1, 0.15) is 18.2 Å². The number of carbonyl (C=O) groups excluding carboxylic acids is 2. The third-order valence-corrected chi connectivity index (χ3v) is 3.84. The van der Waals surface area contributed by atoms with Crippen LogP contribution in [0.2, 0.25) is 0 Å². The van der Waals surface area contributed by atoms with Gasteiger partial charge in [-0.05, 0) is 36.4 Å². The van der Waals surface area contributed by atoms with Crippen molar-refractivity contribution in [1.82, 2.24) is 10.6 Å². The maximum Gasteiger partial charge on any atom is 0.251 e. The van der Waals surface area contributed by atoms with Crippen LogP contribution in [0.4, 0.5) is 4.39 Å². The Kier molecular flexibility index (Phi) is 8.08. The number of rotatable bonds is 10. The van der Waals surface area contributed by atoms with Crippen LogP contribution in [-0.4, -0.2) is 52.8 Å². The van der Waals surface area contributed by atoms with Gasteiger partial charge >= 0.3 is 0 Å². The fraction of sp³-hybridized carbons (Fsp3) is 0.300. The first kappa shape index (κ1) is 21.8. The van der Waals surface area contributed by atoms with E-state index in [-0.39, 0.29) is 37.0 Å². The predicted octanol–water partition coefficient (Wildman–Crippen LogP) is 1.78. The molecule has 2 aromatic rings. The molecule has 0 fully saturated rings. The lowest BCUT2D eigenvalue weighted by atomic mass is 10.1. The van der Waals surface area contributed by atoms with E-state index in [1.54, 1.807) is 0 Å². The van der Waals surface area contributed by atoms with Gasteiger partial charge in [0.05, 0.1) is 34.4 Å². The van der Waals surface area contributed by atoms with Gasteiger partial charge in [-0.2, -0.15) is 0 Å². The summed E-state index contributed by atoms with van der Waals surface area (Å²) < 4.78 is 33.8. The van der Waals surface area contributed by atoms with Crippen molar-refractivity contribution in [2.45, 2.75) is 0 Å². The third-order valence-electron chi connectivity index (χ3n) is 3.84. The summed E-state index contributed by atoms with van der Waals surface area (Å²) >= 11 is 0. The molecule has 0 bridgehead atoms. The molecule has 0 aromatic heterocycles. The Balaban J connectivity index is 1.80. The van der Waals surface area contributed by atoms with Crippen molar-refractivity contribution in [3.63, 3.8) is 0 Å². The zero-order chi connectivity index (χ0) is 21.2. The summed E-state index contributed by atoms with van der Waals surface area (Å²) in [6.45, 7) is 0.223. The molecule has 0 saturated carbocycles. The molecule has 0 aliphatic heterocycles. The van der Waals surface area contributed by atoms with Crippen molar-refractivity contribution in [3.05, 3.63) is 47.8 Å². The fourth-order valence-electron chi connectivity index (χ4n) is 2.43. The van der Waals surface area contributed by atoms with Crippen LogP contribution >= 0.6 is 0 Å². The minimum Gasteiger partial charge on any atom is -0.493 e. The minimum atomic E-state index is -0.470. The van der Waals surface area contributed by atoms with Crippen LogP contribution in [0.5, 0.6) is 23.0 Å². The molecule has 2 N–H and O–H groups in total. The molecule has 29 heavy (non-hydrogen) atoms. The molecule has 156 valence electrons. The van der Waals surface area contributed by atoms with Crippen LogP contribution < -0.4 is 29.6 Å². The van der Waals surface area contributed by atoms with E-state index < -0.39 is 5.91 Å². The molecular formula is C20H23FN2O6. The molecule has 0 aliphatic carbocycles. The maximum atomic E-state index is 12.8. The second-order valence-electron chi connectivity index (χ2n) is 5.75. The van der Waals surface area contributed by atoms with Gasteiger partial charge in [-0.1, -0.05) is 0 Å². The van der Waals surface area contributed by atoms with Crippen molar-refractivity contribution in [3.8, 4) is 23.0 Å². The maximum absolute atomic E-state index is 12.8. The van der Waals surface area contributed by atoms with Gasteiger partial charge in [0.15, 0.2) is 11.5 Å². The number of ether oxygens (including phenoxy) is 4. The molecule has 8 nitrogen and oxygen atoms in total. The number of hydrogen-bond acceptors (Lipinski definition) is 6. The van der Waals surface area contributed by atoms with Crippen LogP contribution in [0.25, 0.3) is 0 Å². The van der Waals surface area contributed by atoms with Crippen molar-refractivity contribution < 1.29 is 32.9 Å². The van der Waals surface area contributed by atoms with Gasteiger partial charge in [-0.25, -0.2) is 4.39 Å². The number of halogens is 1. The molecule has 0 unspecified atom stereocenters. The van der Waals surface area contributed by atoms with Gasteiger partial charge < -0.3 is 29.6 Å².